The molecule has 3 aromatic rings. The Labute approximate surface area is 152 Å². The first-order chi connectivity index (χ1) is 12.8. The first-order valence-electron chi connectivity index (χ1n) is 7.89. The second-order valence-corrected chi connectivity index (χ2v) is 5.73. The maximum atomic E-state index is 12.8. The molecule has 2 aromatic heterocycles. The molecule has 0 aliphatic heterocycles. The van der Waals surface area contributed by atoms with Crippen LogP contribution in [0.5, 0.6) is 0 Å². The summed E-state index contributed by atoms with van der Waals surface area (Å²) < 4.78 is 40.1. The monoisotopic (exact) mass is 372 g/mol. The summed E-state index contributed by atoms with van der Waals surface area (Å²) in [5, 5.41) is 2.61. The van der Waals surface area contributed by atoms with Crippen LogP contribution >= 0.6 is 0 Å². The molecule has 0 atom stereocenters. The summed E-state index contributed by atoms with van der Waals surface area (Å²) in [6, 6.07) is 4.71. The van der Waals surface area contributed by atoms with Gasteiger partial charge in [0.1, 0.15) is 5.69 Å². The van der Waals surface area contributed by atoms with Crippen molar-refractivity contribution in [1.82, 2.24) is 19.7 Å². The summed E-state index contributed by atoms with van der Waals surface area (Å²) in [6.07, 6.45) is 1.69. The van der Waals surface area contributed by atoms with Gasteiger partial charge in [-0.3, -0.25) is 4.79 Å². The quantitative estimate of drug-likeness (QED) is 0.695. The Balaban J connectivity index is 2.00. The SMILES string of the molecule is C=CC(=O)NCC(=C)c1cn2ccnc2c(-c2ccc(C(F)(F)F)cc2)n1. The second kappa shape index (κ2) is 7.06. The van der Waals surface area contributed by atoms with Crippen molar-refractivity contribution in [3.05, 3.63) is 73.3 Å². The zero-order chi connectivity index (χ0) is 19.6. The molecule has 0 aliphatic rings. The molecule has 2 heterocycles. The number of aromatic nitrogens is 3. The zero-order valence-corrected chi connectivity index (χ0v) is 14.1. The van der Waals surface area contributed by atoms with Crippen LogP contribution in [0, 0.1) is 0 Å². The van der Waals surface area contributed by atoms with E-state index in [4.69, 9.17) is 0 Å². The summed E-state index contributed by atoms with van der Waals surface area (Å²) in [5.41, 5.74) is 1.69. The Morgan fingerprint density at radius 3 is 2.59 bits per heavy atom. The van der Waals surface area contributed by atoms with Crippen LogP contribution in [0.4, 0.5) is 13.2 Å². The van der Waals surface area contributed by atoms with Gasteiger partial charge in [-0.25, -0.2) is 9.97 Å². The van der Waals surface area contributed by atoms with E-state index in [0.717, 1.165) is 18.2 Å². The van der Waals surface area contributed by atoms with Gasteiger partial charge in [-0.2, -0.15) is 13.2 Å². The molecular weight excluding hydrogens is 357 g/mol. The van der Waals surface area contributed by atoms with Gasteiger partial charge < -0.3 is 9.72 Å². The highest BCUT2D eigenvalue weighted by atomic mass is 19.4. The van der Waals surface area contributed by atoms with Crippen molar-refractivity contribution >= 4 is 17.1 Å². The van der Waals surface area contributed by atoms with Gasteiger partial charge in [0.05, 0.1) is 11.3 Å². The van der Waals surface area contributed by atoms with Crippen LogP contribution in [0.15, 0.2) is 62.1 Å². The smallest absolute Gasteiger partial charge is 0.348 e. The van der Waals surface area contributed by atoms with Crippen molar-refractivity contribution in [2.24, 2.45) is 0 Å². The first-order valence-corrected chi connectivity index (χ1v) is 7.89. The van der Waals surface area contributed by atoms with E-state index in [0.29, 0.717) is 28.2 Å². The average molecular weight is 372 g/mol. The fourth-order valence-corrected chi connectivity index (χ4v) is 2.47. The van der Waals surface area contributed by atoms with E-state index in [2.05, 4.69) is 28.4 Å². The summed E-state index contributed by atoms with van der Waals surface area (Å²) in [7, 11) is 0. The minimum absolute atomic E-state index is 0.157. The number of nitrogens with one attached hydrogen (secondary N) is 1. The lowest BCUT2D eigenvalue weighted by Crippen LogP contribution is -2.22. The van der Waals surface area contributed by atoms with Crippen molar-refractivity contribution in [2.45, 2.75) is 6.18 Å². The van der Waals surface area contributed by atoms with E-state index >= 15 is 0 Å². The average Bonchev–Trinajstić information content (AvgIpc) is 3.13. The molecule has 8 heteroatoms. The lowest BCUT2D eigenvalue weighted by Gasteiger charge is -2.11. The topological polar surface area (TPSA) is 59.3 Å². The Morgan fingerprint density at radius 2 is 1.96 bits per heavy atom. The van der Waals surface area contributed by atoms with Crippen molar-refractivity contribution in [3.63, 3.8) is 0 Å². The van der Waals surface area contributed by atoms with Crippen molar-refractivity contribution in [1.29, 1.82) is 0 Å². The number of hydrogen-bond acceptors (Lipinski definition) is 3. The van der Waals surface area contributed by atoms with Gasteiger partial charge in [0.2, 0.25) is 5.91 Å². The minimum Gasteiger partial charge on any atom is -0.348 e. The fraction of sp³-hybridized carbons (Fsp3) is 0.105. The Kier molecular flexibility index (Phi) is 4.81. The molecule has 0 radical (unpaired) electrons. The third-order valence-corrected chi connectivity index (χ3v) is 3.88. The molecule has 1 aromatic carbocycles. The van der Waals surface area contributed by atoms with Gasteiger partial charge in [-0.15, -0.1) is 0 Å². The molecule has 0 bridgehead atoms. The van der Waals surface area contributed by atoms with Gasteiger partial charge in [0, 0.05) is 30.7 Å². The zero-order valence-electron chi connectivity index (χ0n) is 14.1. The summed E-state index contributed by atoms with van der Waals surface area (Å²) >= 11 is 0. The van der Waals surface area contributed by atoms with Crippen molar-refractivity contribution < 1.29 is 18.0 Å². The number of benzene rings is 1. The van der Waals surface area contributed by atoms with E-state index < -0.39 is 11.7 Å². The van der Waals surface area contributed by atoms with E-state index in [1.54, 1.807) is 23.0 Å². The number of carbonyl (C=O) groups excluding carboxylic acids is 1. The van der Waals surface area contributed by atoms with Crippen LogP contribution in [0.1, 0.15) is 11.3 Å². The van der Waals surface area contributed by atoms with Gasteiger partial charge >= 0.3 is 6.18 Å². The number of carbonyl (C=O) groups is 1. The van der Waals surface area contributed by atoms with Crippen LogP contribution in [0.2, 0.25) is 0 Å². The van der Waals surface area contributed by atoms with Crippen molar-refractivity contribution in [3.8, 4) is 11.3 Å². The molecule has 27 heavy (non-hydrogen) atoms. The lowest BCUT2D eigenvalue weighted by molar-refractivity contribution is -0.137. The number of imidazole rings is 1. The van der Waals surface area contributed by atoms with Crippen LogP contribution in [0.3, 0.4) is 0 Å². The second-order valence-electron chi connectivity index (χ2n) is 5.73. The predicted molar refractivity (Wildman–Crippen MR) is 95.7 cm³/mol. The summed E-state index contributed by atoms with van der Waals surface area (Å²) in [4.78, 5) is 20.0. The predicted octanol–water partition coefficient (Wildman–Crippen LogP) is 3.73. The van der Waals surface area contributed by atoms with Gasteiger partial charge in [0.25, 0.3) is 0 Å². The molecule has 0 saturated heterocycles. The molecular formula is C19H15F3N4O. The van der Waals surface area contributed by atoms with Gasteiger partial charge in [0.15, 0.2) is 5.65 Å². The lowest BCUT2D eigenvalue weighted by atomic mass is 10.1. The van der Waals surface area contributed by atoms with E-state index in [9.17, 15) is 18.0 Å². The molecule has 1 N–H and O–H groups in total. The number of hydrogen-bond donors (Lipinski definition) is 1. The van der Waals surface area contributed by atoms with Crippen LogP contribution in [-0.2, 0) is 11.0 Å². The van der Waals surface area contributed by atoms with E-state index in [1.165, 1.54) is 12.1 Å². The first kappa shape index (κ1) is 18.4. The van der Waals surface area contributed by atoms with Gasteiger partial charge in [-0.05, 0) is 23.8 Å². The number of halogens is 3. The highest BCUT2D eigenvalue weighted by molar-refractivity contribution is 5.88. The summed E-state index contributed by atoms with van der Waals surface area (Å²) in [6.45, 7) is 7.44. The molecule has 138 valence electrons. The third kappa shape index (κ3) is 3.89. The number of nitrogens with zero attached hydrogens (tertiary/aromatic N) is 3. The number of rotatable bonds is 5. The molecule has 0 spiro atoms. The molecule has 0 fully saturated rings. The maximum absolute atomic E-state index is 12.8. The molecule has 0 unspecified atom stereocenters. The Bertz CT molecular complexity index is 1020. The number of alkyl halides is 3. The summed E-state index contributed by atoms with van der Waals surface area (Å²) in [5.74, 6) is -0.345. The number of amides is 1. The molecule has 3 rings (SSSR count). The highest BCUT2D eigenvalue weighted by Gasteiger charge is 2.30. The molecule has 0 saturated carbocycles. The fourth-order valence-electron chi connectivity index (χ4n) is 2.47. The van der Waals surface area contributed by atoms with Crippen LogP contribution in [-0.4, -0.2) is 26.8 Å². The normalized spacial score (nSPS) is 11.4. The third-order valence-electron chi connectivity index (χ3n) is 3.88. The minimum atomic E-state index is -4.41. The van der Waals surface area contributed by atoms with Crippen LogP contribution < -0.4 is 5.32 Å². The van der Waals surface area contributed by atoms with Crippen molar-refractivity contribution in [2.75, 3.05) is 6.54 Å². The largest absolute Gasteiger partial charge is 0.416 e. The molecule has 5 nitrogen and oxygen atoms in total. The van der Waals surface area contributed by atoms with Gasteiger partial charge in [-0.1, -0.05) is 25.3 Å². The molecule has 0 aliphatic carbocycles. The van der Waals surface area contributed by atoms with E-state index in [1.807, 2.05) is 0 Å². The Morgan fingerprint density at radius 1 is 1.26 bits per heavy atom. The molecule has 1 amide bonds. The maximum Gasteiger partial charge on any atom is 0.416 e. The number of fused-ring (bicyclic) bond motifs is 1. The van der Waals surface area contributed by atoms with E-state index in [-0.39, 0.29) is 12.5 Å². The Hall–Kier alpha value is -3.42. The standard InChI is InChI=1S/C19H15F3N4O/c1-3-16(27)24-10-12(2)15-11-26-9-8-23-18(26)17(25-15)13-4-6-14(7-5-13)19(20,21)22/h3-9,11H,1-2,10H2,(H,24,27). The van der Waals surface area contributed by atoms with Crippen LogP contribution in [0.25, 0.3) is 22.5 Å². The highest BCUT2D eigenvalue weighted by Crippen LogP contribution is 2.31.